The van der Waals surface area contributed by atoms with Crippen molar-refractivity contribution in [2.24, 2.45) is 0 Å². The summed E-state index contributed by atoms with van der Waals surface area (Å²) in [5.74, 6) is -0.526. The number of hydrogen-bond acceptors (Lipinski definition) is 3. The molecule has 2 aromatic rings. The Kier molecular flexibility index (Phi) is 3.74. The van der Waals surface area contributed by atoms with E-state index in [0.29, 0.717) is 17.1 Å². The fourth-order valence-electron chi connectivity index (χ4n) is 1.63. The van der Waals surface area contributed by atoms with E-state index in [4.69, 9.17) is 11.5 Å². The van der Waals surface area contributed by atoms with Gasteiger partial charge in [0.2, 0.25) is 0 Å². The Labute approximate surface area is 115 Å². The van der Waals surface area contributed by atoms with Gasteiger partial charge in [-0.25, -0.2) is 9.18 Å². The van der Waals surface area contributed by atoms with E-state index in [9.17, 15) is 9.18 Å². The largest absolute Gasteiger partial charge is 0.398 e. The van der Waals surface area contributed by atoms with Crippen molar-refractivity contribution < 1.29 is 9.18 Å². The zero-order chi connectivity index (χ0) is 14.7. The van der Waals surface area contributed by atoms with Crippen LogP contribution < -0.4 is 22.1 Å². The molecule has 6 heteroatoms. The topological polar surface area (TPSA) is 93.2 Å². The van der Waals surface area contributed by atoms with Crippen LogP contribution in [-0.4, -0.2) is 6.03 Å². The third-order valence-corrected chi connectivity index (χ3v) is 2.79. The minimum absolute atomic E-state index is 0.0256. The summed E-state index contributed by atoms with van der Waals surface area (Å²) in [7, 11) is 0. The molecular formula is C14H15FN4O. The molecule has 0 unspecified atom stereocenters. The van der Waals surface area contributed by atoms with E-state index >= 15 is 0 Å². The molecule has 0 bridgehead atoms. The molecule has 0 aromatic heterocycles. The van der Waals surface area contributed by atoms with Crippen LogP contribution in [0.5, 0.6) is 0 Å². The first-order chi connectivity index (χ1) is 9.45. The van der Waals surface area contributed by atoms with Crippen LogP contribution in [0.2, 0.25) is 0 Å². The highest BCUT2D eigenvalue weighted by Crippen LogP contribution is 2.19. The number of hydrogen-bond donors (Lipinski definition) is 4. The van der Waals surface area contributed by atoms with Crippen molar-refractivity contribution in [2.45, 2.75) is 6.92 Å². The summed E-state index contributed by atoms with van der Waals surface area (Å²) in [6, 6.07) is 8.71. The average Bonchev–Trinajstić information content (AvgIpc) is 2.38. The second-order valence-electron chi connectivity index (χ2n) is 4.39. The molecule has 0 fully saturated rings. The predicted octanol–water partition coefficient (Wildman–Crippen LogP) is 2.94. The lowest BCUT2D eigenvalue weighted by atomic mass is 10.2. The normalized spacial score (nSPS) is 10.1. The highest BCUT2D eigenvalue weighted by atomic mass is 19.1. The zero-order valence-electron chi connectivity index (χ0n) is 10.9. The van der Waals surface area contributed by atoms with Gasteiger partial charge < -0.3 is 22.1 Å². The van der Waals surface area contributed by atoms with Crippen molar-refractivity contribution in [3.63, 3.8) is 0 Å². The average molecular weight is 274 g/mol. The predicted molar refractivity (Wildman–Crippen MR) is 79.0 cm³/mol. The smallest absolute Gasteiger partial charge is 0.323 e. The Morgan fingerprint density at radius 1 is 1.00 bits per heavy atom. The van der Waals surface area contributed by atoms with Crippen LogP contribution in [0.25, 0.3) is 0 Å². The van der Waals surface area contributed by atoms with Gasteiger partial charge in [-0.15, -0.1) is 0 Å². The van der Waals surface area contributed by atoms with Gasteiger partial charge in [0, 0.05) is 17.1 Å². The number of rotatable bonds is 2. The third-order valence-electron chi connectivity index (χ3n) is 2.79. The van der Waals surface area contributed by atoms with Crippen molar-refractivity contribution in [3.8, 4) is 0 Å². The van der Waals surface area contributed by atoms with Crippen LogP contribution >= 0.6 is 0 Å². The number of urea groups is 1. The molecule has 20 heavy (non-hydrogen) atoms. The standard InChI is InChI=1S/C14H15FN4O/c1-8-2-3-9(6-12(8)16)18-14(20)19-10-4-5-11(15)13(17)7-10/h2-7H,16-17H2,1H3,(H2,18,19,20). The number of aryl methyl sites for hydroxylation is 1. The van der Waals surface area contributed by atoms with Gasteiger partial charge in [-0.05, 0) is 42.8 Å². The van der Waals surface area contributed by atoms with Crippen molar-refractivity contribution in [2.75, 3.05) is 22.1 Å². The van der Waals surface area contributed by atoms with E-state index in [-0.39, 0.29) is 5.69 Å². The van der Waals surface area contributed by atoms with E-state index in [0.717, 1.165) is 5.56 Å². The van der Waals surface area contributed by atoms with Crippen LogP contribution in [0.15, 0.2) is 36.4 Å². The summed E-state index contributed by atoms with van der Waals surface area (Å²) in [5, 5.41) is 5.18. The molecular weight excluding hydrogens is 259 g/mol. The molecule has 2 rings (SSSR count). The molecule has 0 aliphatic heterocycles. The van der Waals surface area contributed by atoms with Crippen LogP contribution in [0.1, 0.15) is 5.56 Å². The van der Waals surface area contributed by atoms with E-state index in [1.165, 1.54) is 18.2 Å². The fourth-order valence-corrected chi connectivity index (χ4v) is 1.63. The highest BCUT2D eigenvalue weighted by molar-refractivity contribution is 6.00. The molecule has 104 valence electrons. The molecule has 6 N–H and O–H groups in total. The Morgan fingerprint density at radius 2 is 1.55 bits per heavy atom. The van der Waals surface area contributed by atoms with Crippen LogP contribution in [-0.2, 0) is 0 Å². The summed E-state index contributed by atoms with van der Waals surface area (Å²) in [5.41, 5.74) is 13.7. The van der Waals surface area contributed by atoms with Crippen molar-refractivity contribution in [1.82, 2.24) is 0 Å². The number of halogens is 1. The second-order valence-corrected chi connectivity index (χ2v) is 4.39. The van der Waals surface area contributed by atoms with Crippen LogP contribution in [0.4, 0.5) is 31.9 Å². The molecule has 5 nitrogen and oxygen atoms in total. The molecule has 0 saturated heterocycles. The SMILES string of the molecule is Cc1ccc(NC(=O)Nc2ccc(F)c(N)c2)cc1N. The fraction of sp³-hybridized carbons (Fsp3) is 0.0714. The summed E-state index contributed by atoms with van der Waals surface area (Å²) in [4.78, 5) is 11.8. The number of amides is 2. The van der Waals surface area contributed by atoms with Gasteiger partial charge in [0.25, 0.3) is 0 Å². The first-order valence-electron chi connectivity index (χ1n) is 5.95. The third kappa shape index (κ3) is 3.17. The zero-order valence-corrected chi connectivity index (χ0v) is 10.9. The molecule has 0 saturated carbocycles. The van der Waals surface area contributed by atoms with Crippen molar-refractivity contribution in [1.29, 1.82) is 0 Å². The summed E-state index contributed by atoms with van der Waals surface area (Å²) in [6.07, 6.45) is 0. The van der Waals surface area contributed by atoms with E-state index in [1.807, 2.05) is 6.92 Å². The minimum atomic E-state index is -0.526. The lowest BCUT2D eigenvalue weighted by molar-refractivity contribution is 0.262. The Bertz CT molecular complexity index is 602. The molecule has 0 heterocycles. The highest BCUT2D eigenvalue weighted by Gasteiger charge is 2.05. The molecule has 2 amide bonds. The number of nitrogens with two attached hydrogens (primary N) is 2. The summed E-state index contributed by atoms with van der Waals surface area (Å²) >= 11 is 0. The Balaban J connectivity index is 2.04. The number of nitrogen functional groups attached to an aromatic ring is 2. The maximum Gasteiger partial charge on any atom is 0.323 e. The molecule has 0 aliphatic carbocycles. The van der Waals surface area contributed by atoms with E-state index in [2.05, 4.69) is 10.6 Å². The number of anilines is 4. The lowest BCUT2D eigenvalue weighted by Gasteiger charge is -2.09. The quantitative estimate of drug-likeness (QED) is 0.634. The first-order valence-corrected chi connectivity index (χ1v) is 5.95. The van der Waals surface area contributed by atoms with Crippen molar-refractivity contribution >= 4 is 28.8 Å². The van der Waals surface area contributed by atoms with Crippen molar-refractivity contribution in [3.05, 3.63) is 47.8 Å². The number of benzene rings is 2. The summed E-state index contributed by atoms with van der Waals surface area (Å²) < 4.78 is 13.0. The number of carbonyl (C=O) groups is 1. The van der Waals surface area contributed by atoms with Gasteiger partial charge in [-0.3, -0.25) is 0 Å². The number of nitrogens with one attached hydrogen (secondary N) is 2. The van der Waals surface area contributed by atoms with E-state index in [1.54, 1.807) is 18.2 Å². The Hall–Kier alpha value is -2.76. The van der Waals surface area contributed by atoms with Gasteiger partial charge in [0.05, 0.1) is 5.69 Å². The molecule has 0 aliphatic rings. The number of carbonyl (C=O) groups excluding carboxylic acids is 1. The van der Waals surface area contributed by atoms with Crippen LogP contribution in [0, 0.1) is 12.7 Å². The monoisotopic (exact) mass is 274 g/mol. The van der Waals surface area contributed by atoms with Gasteiger partial charge in [-0.1, -0.05) is 6.07 Å². The second kappa shape index (κ2) is 5.48. The molecule has 0 spiro atoms. The van der Waals surface area contributed by atoms with Gasteiger partial charge >= 0.3 is 6.03 Å². The maximum atomic E-state index is 13.0. The minimum Gasteiger partial charge on any atom is -0.398 e. The maximum absolute atomic E-state index is 13.0. The van der Waals surface area contributed by atoms with Gasteiger partial charge in [0.15, 0.2) is 0 Å². The molecule has 0 radical (unpaired) electrons. The molecule has 2 aromatic carbocycles. The Morgan fingerprint density at radius 3 is 2.10 bits per heavy atom. The lowest BCUT2D eigenvalue weighted by Crippen LogP contribution is -2.19. The van der Waals surface area contributed by atoms with Gasteiger partial charge in [-0.2, -0.15) is 0 Å². The first kappa shape index (κ1) is 13.7. The molecule has 0 atom stereocenters. The summed E-state index contributed by atoms with van der Waals surface area (Å²) in [6.45, 7) is 1.88. The van der Waals surface area contributed by atoms with Gasteiger partial charge in [0.1, 0.15) is 5.82 Å². The van der Waals surface area contributed by atoms with Crippen LogP contribution in [0.3, 0.4) is 0 Å². The van der Waals surface area contributed by atoms with E-state index < -0.39 is 11.8 Å².